The van der Waals surface area contributed by atoms with Crippen molar-refractivity contribution in [3.63, 3.8) is 0 Å². The predicted molar refractivity (Wildman–Crippen MR) is 78.3 cm³/mol. The molecule has 1 amide bonds. The van der Waals surface area contributed by atoms with Crippen LogP contribution in [0.5, 0.6) is 0 Å². The molecule has 104 valence electrons. The van der Waals surface area contributed by atoms with E-state index in [0.717, 1.165) is 0 Å². The van der Waals surface area contributed by atoms with Crippen LogP contribution in [0.4, 0.5) is 4.39 Å². The summed E-state index contributed by atoms with van der Waals surface area (Å²) >= 11 is 10.5. The van der Waals surface area contributed by atoms with Crippen LogP contribution in [0.3, 0.4) is 0 Å². The standard InChI is InChI=1S/C12H9AsCl2FN3O/c1-17-11(20)6-3-2-4-8(16)9(6)13-10-7(14)5-18-12(15)19-10/h2-5,13H,1H3,(H,17,20). The Kier molecular flexibility index (Phi) is 4.97. The van der Waals surface area contributed by atoms with Crippen molar-refractivity contribution in [2.75, 3.05) is 7.05 Å². The third-order valence-electron chi connectivity index (χ3n) is 2.44. The van der Waals surface area contributed by atoms with Crippen LogP contribution >= 0.6 is 23.2 Å². The Balaban J connectivity index is 2.47. The molecule has 0 fully saturated rings. The van der Waals surface area contributed by atoms with Crippen LogP contribution in [0.25, 0.3) is 0 Å². The molecule has 0 radical (unpaired) electrons. The fraction of sp³-hybridized carbons (Fsp3) is 0.0833. The Bertz CT molecular complexity index is 669. The van der Waals surface area contributed by atoms with Crippen LogP contribution in [-0.2, 0) is 0 Å². The molecule has 1 unspecified atom stereocenters. The summed E-state index contributed by atoms with van der Waals surface area (Å²) in [5, 5.41) is 2.85. The zero-order chi connectivity index (χ0) is 14.7. The van der Waals surface area contributed by atoms with E-state index in [9.17, 15) is 9.18 Å². The summed E-state index contributed by atoms with van der Waals surface area (Å²) in [5.74, 6) is -0.795. The van der Waals surface area contributed by atoms with Crippen LogP contribution in [0, 0.1) is 5.82 Å². The van der Waals surface area contributed by atoms with E-state index >= 15 is 0 Å². The van der Waals surface area contributed by atoms with Gasteiger partial charge in [0.05, 0.1) is 0 Å². The Morgan fingerprint density at radius 2 is 2.15 bits per heavy atom. The zero-order valence-electron chi connectivity index (χ0n) is 10.2. The third kappa shape index (κ3) is 3.29. The molecule has 0 aliphatic carbocycles. The third-order valence-corrected chi connectivity index (χ3v) is 6.12. The second kappa shape index (κ2) is 6.53. The molecule has 4 nitrogen and oxygen atoms in total. The van der Waals surface area contributed by atoms with Crippen LogP contribution in [0.2, 0.25) is 10.3 Å². The number of hydrogen-bond donors (Lipinski definition) is 1. The Morgan fingerprint density at radius 3 is 2.85 bits per heavy atom. The number of carbonyl (C=O) groups is 1. The van der Waals surface area contributed by atoms with Gasteiger partial charge in [-0.05, 0) is 0 Å². The number of aromatic nitrogens is 2. The molecule has 0 aliphatic rings. The van der Waals surface area contributed by atoms with E-state index in [4.69, 9.17) is 23.2 Å². The van der Waals surface area contributed by atoms with E-state index in [2.05, 4.69) is 15.3 Å². The maximum absolute atomic E-state index is 14.0. The molecule has 20 heavy (non-hydrogen) atoms. The van der Waals surface area contributed by atoms with Crippen molar-refractivity contribution in [3.05, 3.63) is 46.1 Å². The molecular weight excluding hydrogens is 367 g/mol. The second-order valence-electron chi connectivity index (χ2n) is 3.70. The van der Waals surface area contributed by atoms with Crippen LogP contribution in [0.1, 0.15) is 10.4 Å². The first-order valence-electron chi connectivity index (χ1n) is 5.48. The molecule has 0 saturated carbocycles. The summed E-state index contributed by atoms with van der Waals surface area (Å²) < 4.78 is 14.8. The van der Waals surface area contributed by atoms with Crippen molar-refractivity contribution in [1.82, 2.24) is 15.3 Å². The number of hydrogen-bond acceptors (Lipinski definition) is 3. The van der Waals surface area contributed by atoms with E-state index in [1.165, 1.54) is 25.4 Å². The molecule has 0 aliphatic heterocycles. The van der Waals surface area contributed by atoms with Gasteiger partial charge in [-0.25, -0.2) is 0 Å². The van der Waals surface area contributed by atoms with Crippen LogP contribution in [-0.4, -0.2) is 38.7 Å². The quantitative estimate of drug-likeness (QED) is 0.633. The first-order chi connectivity index (χ1) is 9.52. The van der Waals surface area contributed by atoms with E-state index < -0.39 is 21.6 Å². The molecule has 1 atom stereocenters. The number of nitrogens with one attached hydrogen (secondary N) is 1. The summed E-state index contributed by atoms with van der Waals surface area (Å²) in [6, 6.07) is 4.36. The molecule has 1 N–H and O–H groups in total. The van der Waals surface area contributed by atoms with Gasteiger partial charge >= 0.3 is 131 Å². The zero-order valence-corrected chi connectivity index (χ0v) is 13.9. The number of amides is 1. The van der Waals surface area contributed by atoms with Gasteiger partial charge < -0.3 is 0 Å². The predicted octanol–water partition coefficient (Wildman–Crippen LogP) is 0.669. The SMILES string of the molecule is CNC(=O)c1cccc(F)c1[AsH]c1nc(Cl)ncc1Cl. The monoisotopic (exact) mass is 375 g/mol. The topological polar surface area (TPSA) is 54.9 Å². The number of carbonyl (C=O) groups excluding carboxylic acids is 1. The first-order valence-corrected chi connectivity index (χ1v) is 8.34. The van der Waals surface area contributed by atoms with Crippen molar-refractivity contribution in [2.24, 2.45) is 0 Å². The molecule has 0 bridgehead atoms. The van der Waals surface area contributed by atoms with Gasteiger partial charge in [-0.1, -0.05) is 0 Å². The molecule has 1 aromatic carbocycles. The fourth-order valence-electron chi connectivity index (χ4n) is 1.53. The maximum atomic E-state index is 14.0. The summed E-state index contributed by atoms with van der Waals surface area (Å²) in [6.07, 6.45) is 1.37. The molecule has 1 aromatic heterocycles. The average Bonchev–Trinajstić information content (AvgIpc) is 2.44. The minimum atomic E-state index is -1.25. The van der Waals surface area contributed by atoms with Crippen LogP contribution in [0.15, 0.2) is 24.4 Å². The van der Waals surface area contributed by atoms with Crippen molar-refractivity contribution < 1.29 is 9.18 Å². The normalized spacial score (nSPS) is 11.0. The van der Waals surface area contributed by atoms with Crippen molar-refractivity contribution in [3.8, 4) is 0 Å². The van der Waals surface area contributed by atoms with Gasteiger partial charge in [0.2, 0.25) is 0 Å². The summed E-state index contributed by atoms with van der Waals surface area (Å²) in [4.78, 5) is 19.5. The van der Waals surface area contributed by atoms with E-state index in [0.29, 0.717) is 19.4 Å². The molecule has 2 rings (SSSR count). The van der Waals surface area contributed by atoms with Gasteiger partial charge in [0.25, 0.3) is 0 Å². The van der Waals surface area contributed by atoms with E-state index in [-0.39, 0.29) is 11.2 Å². The van der Waals surface area contributed by atoms with Crippen molar-refractivity contribution in [1.29, 1.82) is 0 Å². The van der Waals surface area contributed by atoms with E-state index in [1.807, 2.05) is 0 Å². The second-order valence-corrected chi connectivity index (χ2v) is 7.01. The summed E-state index contributed by atoms with van der Waals surface area (Å²) in [7, 11) is 1.49. The number of nitrogens with zero attached hydrogens (tertiary/aromatic N) is 2. The molecular formula is C12H9AsCl2FN3O. The van der Waals surface area contributed by atoms with Crippen molar-refractivity contribution >= 4 is 53.7 Å². The van der Waals surface area contributed by atoms with E-state index in [1.54, 1.807) is 6.07 Å². The van der Waals surface area contributed by atoms with Crippen molar-refractivity contribution in [2.45, 2.75) is 0 Å². The molecule has 0 spiro atoms. The minimum absolute atomic E-state index is 0.0472. The Hall–Kier alpha value is -1.16. The van der Waals surface area contributed by atoms with Gasteiger partial charge in [0.15, 0.2) is 0 Å². The number of benzene rings is 1. The fourth-order valence-corrected chi connectivity index (χ4v) is 4.49. The molecule has 2 aromatic rings. The van der Waals surface area contributed by atoms with Crippen LogP contribution < -0.4 is 14.1 Å². The van der Waals surface area contributed by atoms with Gasteiger partial charge in [0.1, 0.15) is 0 Å². The Labute approximate surface area is 131 Å². The summed E-state index contributed by atoms with van der Waals surface area (Å²) in [5.41, 5.74) is 0.290. The van der Waals surface area contributed by atoms with Gasteiger partial charge in [-0.3, -0.25) is 0 Å². The molecule has 8 heteroatoms. The van der Waals surface area contributed by atoms with Gasteiger partial charge in [-0.15, -0.1) is 0 Å². The number of rotatable bonds is 3. The van der Waals surface area contributed by atoms with Gasteiger partial charge in [-0.2, -0.15) is 0 Å². The Morgan fingerprint density at radius 1 is 1.40 bits per heavy atom. The molecule has 1 heterocycles. The molecule has 0 saturated heterocycles. The average molecular weight is 376 g/mol. The number of halogens is 3. The summed E-state index contributed by atoms with van der Waals surface area (Å²) in [6.45, 7) is 0. The van der Waals surface area contributed by atoms with Gasteiger partial charge in [0, 0.05) is 0 Å². The first kappa shape index (κ1) is 15.2.